The van der Waals surface area contributed by atoms with Gasteiger partial charge in [0, 0.05) is 22.8 Å². The molecular formula is C17H13NO9S2. The van der Waals surface area contributed by atoms with E-state index < -0.39 is 47.3 Å². The number of carbonyl (C=O) groups is 1. The molecule has 0 aliphatic heterocycles. The van der Waals surface area contributed by atoms with Crippen LogP contribution >= 0.6 is 0 Å². The molecule has 10 nitrogen and oxygen atoms in total. The van der Waals surface area contributed by atoms with E-state index in [1.54, 1.807) is 0 Å². The van der Waals surface area contributed by atoms with Crippen LogP contribution in [0.15, 0.2) is 58.3 Å². The molecule has 3 aromatic carbocycles. The van der Waals surface area contributed by atoms with Crippen molar-refractivity contribution in [3.8, 4) is 5.75 Å². The first kappa shape index (κ1) is 20.5. The Kier molecular flexibility index (Phi) is 4.96. The van der Waals surface area contributed by atoms with Gasteiger partial charge in [0.25, 0.3) is 20.2 Å². The number of phenols is 1. The molecule has 5 N–H and O–H groups in total. The van der Waals surface area contributed by atoms with Gasteiger partial charge >= 0.3 is 5.97 Å². The fourth-order valence-corrected chi connectivity index (χ4v) is 3.91. The van der Waals surface area contributed by atoms with Crippen LogP contribution in [0.4, 0.5) is 11.4 Å². The maximum atomic E-state index is 11.3. The highest BCUT2D eigenvalue weighted by Gasteiger charge is 2.20. The smallest absolute Gasteiger partial charge is 0.337 e. The summed E-state index contributed by atoms with van der Waals surface area (Å²) in [6.07, 6.45) is 0. The Morgan fingerprint density at radius 1 is 0.828 bits per heavy atom. The van der Waals surface area contributed by atoms with Crippen molar-refractivity contribution in [2.75, 3.05) is 5.32 Å². The highest BCUT2D eigenvalue weighted by Crippen LogP contribution is 2.32. The third kappa shape index (κ3) is 4.30. The lowest BCUT2D eigenvalue weighted by Crippen LogP contribution is -2.08. The van der Waals surface area contributed by atoms with Crippen LogP contribution in [0, 0.1) is 0 Å². The number of nitrogens with one attached hydrogen (secondary N) is 1. The number of benzene rings is 3. The number of carboxylic acids is 1. The van der Waals surface area contributed by atoms with Gasteiger partial charge in [-0.1, -0.05) is 6.07 Å². The number of hydrogen-bond donors (Lipinski definition) is 5. The van der Waals surface area contributed by atoms with E-state index in [0.717, 1.165) is 24.3 Å². The lowest BCUT2D eigenvalue weighted by atomic mass is 10.1. The van der Waals surface area contributed by atoms with Crippen LogP contribution in [0.2, 0.25) is 0 Å². The Morgan fingerprint density at radius 3 is 2.03 bits per heavy atom. The quantitative estimate of drug-likeness (QED) is 0.371. The Bertz CT molecular complexity index is 1360. The first-order valence-electron chi connectivity index (χ1n) is 7.72. The molecule has 29 heavy (non-hydrogen) atoms. The molecule has 12 heteroatoms. The average Bonchev–Trinajstić information content (AvgIpc) is 2.60. The number of rotatable bonds is 5. The van der Waals surface area contributed by atoms with Crippen LogP contribution < -0.4 is 5.32 Å². The largest absolute Gasteiger partial charge is 0.507 e. The Morgan fingerprint density at radius 2 is 1.45 bits per heavy atom. The summed E-state index contributed by atoms with van der Waals surface area (Å²) in [5.74, 6) is -1.97. The van der Waals surface area contributed by atoms with Crippen molar-refractivity contribution in [1.82, 2.24) is 0 Å². The summed E-state index contributed by atoms with van der Waals surface area (Å²) in [5.41, 5.74) is -0.0922. The number of hydrogen-bond acceptors (Lipinski definition) is 7. The van der Waals surface area contributed by atoms with E-state index >= 15 is 0 Å². The summed E-state index contributed by atoms with van der Waals surface area (Å²) >= 11 is 0. The fourth-order valence-electron chi connectivity index (χ4n) is 2.70. The Labute approximate surface area is 164 Å². The molecule has 0 saturated heterocycles. The van der Waals surface area contributed by atoms with Gasteiger partial charge in [-0.15, -0.1) is 0 Å². The highest BCUT2D eigenvalue weighted by atomic mass is 32.2. The molecule has 0 aliphatic carbocycles. The molecule has 0 bridgehead atoms. The summed E-state index contributed by atoms with van der Waals surface area (Å²) in [6.45, 7) is 0. The molecule has 0 amide bonds. The van der Waals surface area contributed by atoms with E-state index in [1.807, 2.05) is 0 Å². The standard InChI is InChI=1S/C17H13NO9S2/c19-15-8-12(28(22,23)24)5-9-1-2-10(6-13(9)15)18-11-3-4-16(29(25,26)27)14(7-11)17(20)21/h1-8,18-19H,(H,20,21)(H,22,23,24)(H,25,26,27). The normalized spacial score (nSPS) is 12.1. The van der Waals surface area contributed by atoms with E-state index in [4.69, 9.17) is 9.11 Å². The number of phenolic OH excluding ortho intramolecular Hbond substituents is 1. The number of carboxylic acid groups (broad SMARTS) is 1. The molecule has 0 aromatic heterocycles. The molecule has 0 unspecified atom stereocenters. The van der Waals surface area contributed by atoms with Gasteiger partial charge < -0.3 is 15.5 Å². The van der Waals surface area contributed by atoms with Crippen LogP contribution in [0.25, 0.3) is 10.8 Å². The maximum Gasteiger partial charge on any atom is 0.337 e. The molecule has 0 aliphatic rings. The van der Waals surface area contributed by atoms with Gasteiger partial charge in [0.15, 0.2) is 0 Å². The number of anilines is 2. The summed E-state index contributed by atoms with van der Waals surface area (Å²) in [6, 6.07) is 9.61. The Hall–Kier alpha value is -3.19. The van der Waals surface area contributed by atoms with E-state index in [-0.39, 0.29) is 11.1 Å². The van der Waals surface area contributed by atoms with Gasteiger partial charge in [0.05, 0.1) is 10.5 Å². The van der Waals surface area contributed by atoms with Crippen molar-refractivity contribution < 1.29 is 40.9 Å². The molecule has 3 aromatic rings. The molecule has 0 spiro atoms. The topological polar surface area (TPSA) is 178 Å². The second-order valence-electron chi connectivity index (χ2n) is 5.97. The van der Waals surface area contributed by atoms with Crippen molar-refractivity contribution in [1.29, 1.82) is 0 Å². The highest BCUT2D eigenvalue weighted by molar-refractivity contribution is 7.86. The minimum atomic E-state index is -4.73. The van der Waals surface area contributed by atoms with Crippen molar-refractivity contribution in [2.45, 2.75) is 9.79 Å². The molecular weight excluding hydrogens is 426 g/mol. The maximum absolute atomic E-state index is 11.3. The van der Waals surface area contributed by atoms with Crippen molar-refractivity contribution >= 4 is 48.4 Å². The average molecular weight is 439 g/mol. The predicted molar refractivity (Wildman–Crippen MR) is 102 cm³/mol. The van der Waals surface area contributed by atoms with Crippen LogP contribution in [0.5, 0.6) is 5.75 Å². The summed E-state index contributed by atoms with van der Waals surface area (Å²) < 4.78 is 63.3. The van der Waals surface area contributed by atoms with E-state index in [0.29, 0.717) is 11.1 Å². The van der Waals surface area contributed by atoms with Gasteiger partial charge in [-0.2, -0.15) is 16.8 Å². The van der Waals surface area contributed by atoms with Crippen LogP contribution in [0.3, 0.4) is 0 Å². The molecule has 152 valence electrons. The summed E-state index contributed by atoms with van der Waals surface area (Å²) in [5, 5.41) is 22.6. The second kappa shape index (κ2) is 7.00. The van der Waals surface area contributed by atoms with Crippen molar-refractivity contribution in [3.63, 3.8) is 0 Å². The van der Waals surface area contributed by atoms with E-state index in [1.165, 1.54) is 24.3 Å². The van der Waals surface area contributed by atoms with E-state index in [2.05, 4.69) is 5.32 Å². The number of aromatic hydroxyl groups is 1. The predicted octanol–water partition coefficient (Wildman–Crippen LogP) is 2.48. The fraction of sp³-hybridized carbons (Fsp3) is 0. The summed E-state index contributed by atoms with van der Waals surface area (Å²) in [7, 11) is -9.24. The molecule has 0 atom stereocenters. The first-order chi connectivity index (χ1) is 13.4. The zero-order chi connectivity index (χ0) is 21.6. The zero-order valence-corrected chi connectivity index (χ0v) is 15.9. The number of fused-ring (bicyclic) bond motifs is 1. The number of aromatic carboxylic acids is 1. The molecule has 0 saturated carbocycles. The SMILES string of the molecule is O=C(O)c1cc(Nc2ccc3cc(S(=O)(=O)O)cc(O)c3c2)ccc1S(=O)(=O)O. The molecule has 0 radical (unpaired) electrons. The minimum Gasteiger partial charge on any atom is -0.507 e. The van der Waals surface area contributed by atoms with Crippen LogP contribution in [0.1, 0.15) is 10.4 Å². The van der Waals surface area contributed by atoms with Crippen molar-refractivity contribution in [3.05, 3.63) is 54.1 Å². The molecule has 0 fully saturated rings. The van der Waals surface area contributed by atoms with Gasteiger partial charge in [0.1, 0.15) is 10.6 Å². The van der Waals surface area contributed by atoms with Crippen LogP contribution in [-0.4, -0.2) is 42.1 Å². The van der Waals surface area contributed by atoms with Gasteiger partial charge in [-0.3, -0.25) is 9.11 Å². The first-order valence-corrected chi connectivity index (χ1v) is 10.6. The second-order valence-corrected chi connectivity index (χ2v) is 8.78. The molecule has 0 heterocycles. The molecule has 3 rings (SSSR count). The lowest BCUT2D eigenvalue weighted by Gasteiger charge is -2.11. The lowest BCUT2D eigenvalue weighted by molar-refractivity contribution is 0.0692. The third-order valence-electron chi connectivity index (χ3n) is 3.98. The van der Waals surface area contributed by atoms with Gasteiger partial charge in [0.2, 0.25) is 0 Å². The van der Waals surface area contributed by atoms with Gasteiger partial charge in [-0.25, -0.2) is 4.79 Å². The monoisotopic (exact) mass is 439 g/mol. The minimum absolute atomic E-state index is 0.184. The zero-order valence-electron chi connectivity index (χ0n) is 14.3. The Balaban J connectivity index is 2.04. The van der Waals surface area contributed by atoms with Gasteiger partial charge in [-0.05, 0) is 41.8 Å². The van der Waals surface area contributed by atoms with E-state index in [9.17, 15) is 31.8 Å². The summed E-state index contributed by atoms with van der Waals surface area (Å²) in [4.78, 5) is 10.1. The third-order valence-corrected chi connectivity index (χ3v) is 5.72. The van der Waals surface area contributed by atoms with Crippen molar-refractivity contribution in [2.24, 2.45) is 0 Å². The van der Waals surface area contributed by atoms with Crippen LogP contribution in [-0.2, 0) is 20.2 Å².